The van der Waals surface area contributed by atoms with E-state index < -0.39 is 4.92 Å². The minimum Gasteiger partial charge on any atom is -0.369 e. The summed E-state index contributed by atoms with van der Waals surface area (Å²) < 4.78 is 0. The second-order valence-electron chi connectivity index (χ2n) is 7.22. The number of hydrogen-bond acceptors (Lipinski definition) is 8. The number of aryl methyl sites for hydroxylation is 1. The van der Waals surface area contributed by atoms with E-state index in [2.05, 4.69) is 56.4 Å². The Kier molecular flexibility index (Phi) is 6.37. The fourth-order valence-corrected chi connectivity index (χ4v) is 3.06. The molecule has 2 aromatic rings. The number of benzene rings is 1. The van der Waals surface area contributed by atoms with E-state index in [1.165, 1.54) is 11.9 Å². The van der Waals surface area contributed by atoms with E-state index in [9.17, 15) is 10.1 Å². The normalized spacial score (nSPS) is 15.1. The Bertz CT molecular complexity index is 802. The molecule has 3 rings (SSSR count). The Morgan fingerprint density at radius 3 is 2.43 bits per heavy atom. The van der Waals surface area contributed by atoms with E-state index in [1.807, 2.05) is 12.1 Å². The fourth-order valence-electron chi connectivity index (χ4n) is 3.06. The number of nitrogens with one attached hydrogen (secondary N) is 2. The zero-order valence-corrected chi connectivity index (χ0v) is 16.6. The van der Waals surface area contributed by atoms with Crippen molar-refractivity contribution in [1.29, 1.82) is 0 Å². The molecule has 9 nitrogen and oxygen atoms in total. The molecule has 0 atom stereocenters. The monoisotopic (exact) mass is 385 g/mol. The molecule has 28 heavy (non-hydrogen) atoms. The highest BCUT2D eigenvalue weighted by atomic mass is 16.6. The number of rotatable bonds is 7. The molecule has 0 bridgehead atoms. The molecule has 0 saturated carbocycles. The first kappa shape index (κ1) is 20.0. The third kappa shape index (κ3) is 5.14. The minimum absolute atomic E-state index is 0.0800. The summed E-state index contributed by atoms with van der Waals surface area (Å²) in [4.78, 5) is 23.4. The van der Waals surface area contributed by atoms with Crippen LogP contribution in [0.5, 0.6) is 0 Å². The summed E-state index contributed by atoms with van der Waals surface area (Å²) in [5.74, 6) is 0.349. The van der Waals surface area contributed by atoms with Crippen molar-refractivity contribution in [1.82, 2.24) is 20.2 Å². The van der Waals surface area contributed by atoms with Gasteiger partial charge < -0.3 is 15.5 Å². The van der Waals surface area contributed by atoms with Crippen molar-refractivity contribution in [3.63, 3.8) is 0 Å². The molecule has 150 valence electrons. The molecule has 1 saturated heterocycles. The van der Waals surface area contributed by atoms with E-state index in [-0.39, 0.29) is 5.69 Å². The molecule has 0 spiro atoms. The topological polar surface area (TPSA) is 99.5 Å². The molecule has 0 radical (unpaired) electrons. The van der Waals surface area contributed by atoms with Gasteiger partial charge in [-0.15, -0.1) is 0 Å². The van der Waals surface area contributed by atoms with Crippen molar-refractivity contribution in [3.8, 4) is 0 Å². The zero-order chi connectivity index (χ0) is 20.1. The van der Waals surface area contributed by atoms with Crippen molar-refractivity contribution < 1.29 is 4.92 Å². The fraction of sp³-hybridized carbons (Fsp3) is 0.474. The van der Waals surface area contributed by atoms with Gasteiger partial charge in [0.05, 0.1) is 4.92 Å². The summed E-state index contributed by atoms with van der Waals surface area (Å²) in [5.41, 5.74) is 2.28. The highest BCUT2D eigenvalue weighted by Gasteiger charge is 2.17. The smallest absolute Gasteiger partial charge is 0.308 e. The van der Waals surface area contributed by atoms with Crippen LogP contribution in [-0.2, 0) is 0 Å². The van der Waals surface area contributed by atoms with Gasteiger partial charge in [0.25, 0.3) is 0 Å². The number of aromatic nitrogens is 2. The Balaban J connectivity index is 1.56. The predicted octanol–water partition coefficient (Wildman–Crippen LogP) is 2.51. The molecule has 0 aliphatic carbocycles. The van der Waals surface area contributed by atoms with Gasteiger partial charge in [0.2, 0.25) is 5.95 Å². The summed E-state index contributed by atoms with van der Waals surface area (Å²) in [5, 5.41) is 17.4. The number of piperazine rings is 1. The SMILES string of the molecule is Cc1nc(Nc2ccc(N3CCN(CNC(C)C)CC3)cc2)ncc1[N+](=O)[O-]. The van der Waals surface area contributed by atoms with Crippen LogP contribution in [-0.4, -0.2) is 58.7 Å². The lowest BCUT2D eigenvalue weighted by atomic mass is 10.2. The van der Waals surface area contributed by atoms with Crippen LogP contribution in [0, 0.1) is 17.0 Å². The summed E-state index contributed by atoms with van der Waals surface area (Å²) in [6, 6.07) is 8.59. The summed E-state index contributed by atoms with van der Waals surface area (Å²) in [6.45, 7) is 10.9. The van der Waals surface area contributed by atoms with Crippen molar-refractivity contribution >= 4 is 23.0 Å². The molecule has 1 aliphatic rings. The lowest BCUT2D eigenvalue weighted by Crippen LogP contribution is -2.50. The van der Waals surface area contributed by atoms with Gasteiger partial charge in [-0.1, -0.05) is 0 Å². The van der Waals surface area contributed by atoms with Crippen LogP contribution in [0.1, 0.15) is 19.5 Å². The van der Waals surface area contributed by atoms with Crippen LogP contribution in [0.4, 0.5) is 23.0 Å². The van der Waals surface area contributed by atoms with Crippen molar-refractivity contribution in [2.24, 2.45) is 0 Å². The Hall–Kier alpha value is -2.78. The second-order valence-corrected chi connectivity index (χ2v) is 7.22. The van der Waals surface area contributed by atoms with Crippen LogP contribution in [0.2, 0.25) is 0 Å². The summed E-state index contributed by atoms with van der Waals surface area (Å²) in [6.07, 6.45) is 1.23. The van der Waals surface area contributed by atoms with Gasteiger partial charge in [0.1, 0.15) is 11.9 Å². The van der Waals surface area contributed by atoms with Crippen molar-refractivity contribution in [2.75, 3.05) is 43.1 Å². The summed E-state index contributed by atoms with van der Waals surface area (Å²) >= 11 is 0. The van der Waals surface area contributed by atoms with E-state index in [1.54, 1.807) is 6.92 Å². The Morgan fingerprint density at radius 2 is 1.86 bits per heavy atom. The Morgan fingerprint density at radius 1 is 1.18 bits per heavy atom. The van der Waals surface area contributed by atoms with Gasteiger partial charge in [-0.05, 0) is 45.0 Å². The first-order chi connectivity index (χ1) is 13.4. The van der Waals surface area contributed by atoms with Crippen LogP contribution in [0.25, 0.3) is 0 Å². The first-order valence-electron chi connectivity index (χ1n) is 9.48. The molecule has 2 heterocycles. The van der Waals surface area contributed by atoms with Crippen LogP contribution in [0.3, 0.4) is 0 Å². The van der Waals surface area contributed by atoms with Crippen LogP contribution in [0.15, 0.2) is 30.5 Å². The molecular weight excluding hydrogens is 358 g/mol. The second kappa shape index (κ2) is 8.94. The lowest BCUT2D eigenvalue weighted by Gasteiger charge is -2.36. The van der Waals surface area contributed by atoms with Gasteiger partial charge in [0.15, 0.2) is 0 Å². The predicted molar refractivity (Wildman–Crippen MR) is 110 cm³/mol. The Labute approximate surface area is 164 Å². The molecule has 1 aromatic carbocycles. The maximum Gasteiger partial charge on any atom is 0.308 e. The lowest BCUT2D eigenvalue weighted by molar-refractivity contribution is -0.386. The standard InChI is InChI=1S/C19H27N7O2/c1-14(2)21-13-24-8-10-25(11-9-24)17-6-4-16(5-7-17)23-19-20-12-18(26(27)28)15(3)22-19/h4-7,12,14,21H,8-11,13H2,1-3H3,(H,20,22,23). The number of nitrogens with zero attached hydrogens (tertiary/aromatic N) is 5. The van der Waals surface area contributed by atoms with Gasteiger partial charge in [0, 0.05) is 50.3 Å². The molecule has 9 heteroatoms. The quantitative estimate of drug-likeness (QED) is 0.554. The average Bonchev–Trinajstić information content (AvgIpc) is 2.67. The number of nitro groups is 1. The largest absolute Gasteiger partial charge is 0.369 e. The third-order valence-corrected chi connectivity index (χ3v) is 4.73. The molecule has 1 fully saturated rings. The van der Waals surface area contributed by atoms with E-state index in [4.69, 9.17) is 0 Å². The molecule has 2 N–H and O–H groups in total. The van der Waals surface area contributed by atoms with Crippen LogP contribution < -0.4 is 15.5 Å². The van der Waals surface area contributed by atoms with E-state index in [0.29, 0.717) is 17.7 Å². The third-order valence-electron chi connectivity index (χ3n) is 4.73. The van der Waals surface area contributed by atoms with Gasteiger partial charge >= 0.3 is 5.69 Å². The highest BCUT2D eigenvalue weighted by molar-refractivity contribution is 5.59. The van der Waals surface area contributed by atoms with Crippen molar-refractivity contribution in [2.45, 2.75) is 26.8 Å². The van der Waals surface area contributed by atoms with Crippen LogP contribution >= 0.6 is 0 Å². The van der Waals surface area contributed by atoms with Crippen molar-refractivity contribution in [3.05, 3.63) is 46.3 Å². The maximum absolute atomic E-state index is 10.9. The number of hydrogen-bond donors (Lipinski definition) is 2. The molecular formula is C19H27N7O2. The average molecular weight is 385 g/mol. The zero-order valence-electron chi connectivity index (χ0n) is 16.6. The maximum atomic E-state index is 10.9. The van der Waals surface area contributed by atoms with E-state index in [0.717, 1.165) is 38.5 Å². The first-order valence-corrected chi connectivity index (χ1v) is 9.48. The molecule has 1 aromatic heterocycles. The molecule has 0 unspecified atom stereocenters. The van der Waals surface area contributed by atoms with Gasteiger partial charge in [-0.3, -0.25) is 15.0 Å². The summed E-state index contributed by atoms with van der Waals surface area (Å²) in [7, 11) is 0. The van der Waals surface area contributed by atoms with E-state index >= 15 is 0 Å². The van der Waals surface area contributed by atoms with Gasteiger partial charge in [-0.2, -0.15) is 0 Å². The highest BCUT2D eigenvalue weighted by Crippen LogP contribution is 2.22. The number of anilines is 3. The molecule has 0 amide bonds. The minimum atomic E-state index is -0.480. The van der Waals surface area contributed by atoms with Gasteiger partial charge in [-0.25, -0.2) is 9.97 Å². The molecule has 1 aliphatic heterocycles.